The molecule has 3 rings (SSSR count). The molecule has 0 aliphatic carbocycles. The van der Waals surface area contributed by atoms with Crippen molar-refractivity contribution in [2.24, 2.45) is 0 Å². The van der Waals surface area contributed by atoms with E-state index in [1.807, 2.05) is 0 Å². The number of fused-ring (bicyclic) bond motifs is 1. The number of amides is 2. The summed E-state index contributed by atoms with van der Waals surface area (Å²) in [6.45, 7) is 0. The molecule has 7 nitrogen and oxygen atoms in total. The van der Waals surface area contributed by atoms with Gasteiger partial charge in [-0.05, 0) is 34.1 Å². The molecule has 23 heavy (non-hydrogen) atoms. The molecule has 1 aliphatic heterocycles. The van der Waals surface area contributed by atoms with Gasteiger partial charge in [0.15, 0.2) is 6.10 Å². The minimum atomic E-state index is -0.948. The Labute approximate surface area is 139 Å². The number of pyridine rings is 1. The number of H-pyrrole nitrogens is 1. The van der Waals surface area contributed by atoms with Gasteiger partial charge in [0.05, 0.1) is 12.1 Å². The van der Waals surface area contributed by atoms with Crippen LogP contribution in [-0.2, 0) is 9.59 Å². The summed E-state index contributed by atoms with van der Waals surface area (Å²) in [5.74, 6) is -0.389. The summed E-state index contributed by atoms with van der Waals surface area (Å²) in [7, 11) is 0. The number of rotatable bonds is 3. The Morgan fingerprint density at radius 1 is 1.30 bits per heavy atom. The van der Waals surface area contributed by atoms with Crippen molar-refractivity contribution < 1.29 is 14.3 Å². The third kappa shape index (κ3) is 3.42. The van der Waals surface area contributed by atoms with Crippen molar-refractivity contribution in [3.63, 3.8) is 0 Å². The average molecular weight is 378 g/mol. The molecule has 0 radical (unpaired) electrons. The molecule has 1 unspecified atom stereocenters. The molecule has 0 saturated carbocycles. The number of nitrogens with one attached hydrogen (secondary N) is 3. The molecule has 8 heteroatoms. The van der Waals surface area contributed by atoms with Crippen LogP contribution >= 0.6 is 15.9 Å². The number of anilines is 2. The maximum Gasteiger partial charge on any atom is 0.271 e. The number of ether oxygens (including phenoxy) is 1. The molecule has 3 N–H and O–H groups in total. The van der Waals surface area contributed by atoms with Gasteiger partial charge in [0.1, 0.15) is 11.4 Å². The number of halogens is 1. The lowest BCUT2D eigenvalue weighted by molar-refractivity contribution is -0.128. The van der Waals surface area contributed by atoms with E-state index in [4.69, 9.17) is 4.74 Å². The first-order chi connectivity index (χ1) is 11.0. The van der Waals surface area contributed by atoms with E-state index in [2.05, 4.69) is 31.5 Å². The third-order valence-electron chi connectivity index (χ3n) is 3.22. The van der Waals surface area contributed by atoms with Gasteiger partial charge < -0.3 is 20.4 Å². The number of aromatic amines is 1. The van der Waals surface area contributed by atoms with Crippen molar-refractivity contribution in [3.8, 4) is 5.75 Å². The smallest absolute Gasteiger partial charge is 0.271 e. The zero-order chi connectivity index (χ0) is 16.4. The second-order valence-corrected chi connectivity index (χ2v) is 5.82. The van der Waals surface area contributed by atoms with Gasteiger partial charge in [0, 0.05) is 10.7 Å². The van der Waals surface area contributed by atoms with Crippen LogP contribution in [0.4, 0.5) is 11.4 Å². The minimum absolute atomic E-state index is 0.0981. The number of benzene rings is 1. The maximum atomic E-state index is 12.1. The first-order valence-corrected chi connectivity index (χ1v) is 7.57. The molecule has 0 fully saturated rings. The Hall–Kier alpha value is -2.61. The van der Waals surface area contributed by atoms with Gasteiger partial charge in [-0.1, -0.05) is 12.1 Å². The van der Waals surface area contributed by atoms with Crippen LogP contribution in [0.15, 0.2) is 45.8 Å². The van der Waals surface area contributed by atoms with Crippen molar-refractivity contribution in [1.29, 1.82) is 0 Å². The van der Waals surface area contributed by atoms with Gasteiger partial charge in [0.25, 0.3) is 11.5 Å². The predicted octanol–water partition coefficient (Wildman–Crippen LogP) is 1.87. The Kier molecular flexibility index (Phi) is 4.16. The van der Waals surface area contributed by atoms with Crippen molar-refractivity contribution >= 4 is 39.1 Å². The van der Waals surface area contributed by atoms with E-state index in [1.165, 1.54) is 12.3 Å². The molecule has 1 aromatic carbocycles. The van der Waals surface area contributed by atoms with Crippen molar-refractivity contribution in [2.45, 2.75) is 12.5 Å². The van der Waals surface area contributed by atoms with Crippen LogP contribution in [0.2, 0.25) is 0 Å². The predicted molar refractivity (Wildman–Crippen MR) is 87.5 cm³/mol. The van der Waals surface area contributed by atoms with Crippen molar-refractivity contribution in [2.75, 3.05) is 10.6 Å². The molecule has 118 valence electrons. The zero-order valence-electron chi connectivity index (χ0n) is 11.8. The first-order valence-electron chi connectivity index (χ1n) is 6.77. The van der Waals surface area contributed by atoms with Gasteiger partial charge in [-0.25, -0.2) is 0 Å². The van der Waals surface area contributed by atoms with E-state index < -0.39 is 23.5 Å². The summed E-state index contributed by atoms with van der Waals surface area (Å²) in [6.07, 6.45) is 0.315. The number of para-hydroxylation sites is 2. The van der Waals surface area contributed by atoms with Gasteiger partial charge in [-0.15, -0.1) is 0 Å². The normalized spacial score (nSPS) is 16.0. The number of aromatic nitrogens is 1. The van der Waals surface area contributed by atoms with Gasteiger partial charge in [0.2, 0.25) is 5.91 Å². The fraction of sp³-hybridized carbons (Fsp3) is 0.133. The summed E-state index contributed by atoms with van der Waals surface area (Å²) < 4.78 is 6.16. The molecule has 0 spiro atoms. The van der Waals surface area contributed by atoms with E-state index in [0.29, 0.717) is 15.9 Å². The van der Waals surface area contributed by atoms with Crippen molar-refractivity contribution in [1.82, 2.24) is 4.98 Å². The minimum Gasteiger partial charge on any atom is -0.478 e. The van der Waals surface area contributed by atoms with E-state index in [9.17, 15) is 14.4 Å². The van der Waals surface area contributed by atoms with Crippen molar-refractivity contribution in [3.05, 3.63) is 51.4 Å². The Bertz CT molecular complexity index is 833. The van der Waals surface area contributed by atoms with Gasteiger partial charge in [-0.2, -0.15) is 0 Å². The standard InChI is InChI=1S/C15H12BrN3O4/c16-8-5-10(14(21)17-7-8)18-13(20)6-12-15(22)19-9-3-1-2-4-11(9)23-12/h1-5,7,12H,6H2,(H,17,21)(H,18,20)(H,19,22). The lowest BCUT2D eigenvalue weighted by atomic mass is 10.1. The molecule has 0 bridgehead atoms. The molecule has 2 amide bonds. The van der Waals surface area contributed by atoms with Crippen LogP contribution in [0.3, 0.4) is 0 Å². The lowest BCUT2D eigenvalue weighted by Gasteiger charge is -2.25. The maximum absolute atomic E-state index is 12.1. The van der Waals surface area contributed by atoms with E-state index in [-0.39, 0.29) is 12.1 Å². The average Bonchev–Trinajstić information content (AvgIpc) is 2.51. The molecule has 2 heterocycles. The molecule has 1 aromatic heterocycles. The summed E-state index contributed by atoms with van der Waals surface area (Å²) in [5, 5.41) is 5.15. The van der Waals surface area contributed by atoms with Crippen LogP contribution in [0.5, 0.6) is 5.75 Å². The summed E-state index contributed by atoms with van der Waals surface area (Å²) in [5.41, 5.74) is 0.236. The van der Waals surface area contributed by atoms with Crippen LogP contribution in [0.25, 0.3) is 0 Å². The Morgan fingerprint density at radius 3 is 2.91 bits per heavy atom. The quantitative estimate of drug-likeness (QED) is 0.759. The van der Waals surface area contributed by atoms with Gasteiger partial charge in [-0.3, -0.25) is 14.4 Å². The van der Waals surface area contributed by atoms with E-state index in [1.54, 1.807) is 24.3 Å². The molecule has 1 atom stereocenters. The fourth-order valence-electron chi connectivity index (χ4n) is 2.15. The number of carbonyl (C=O) groups excluding carboxylic acids is 2. The lowest BCUT2D eigenvalue weighted by Crippen LogP contribution is -2.39. The van der Waals surface area contributed by atoms with Gasteiger partial charge >= 0.3 is 0 Å². The number of carbonyl (C=O) groups is 2. The third-order valence-corrected chi connectivity index (χ3v) is 3.68. The van der Waals surface area contributed by atoms with Crippen LogP contribution in [0.1, 0.15) is 6.42 Å². The highest BCUT2D eigenvalue weighted by atomic mass is 79.9. The molecule has 2 aromatic rings. The number of hydrogen-bond donors (Lipinski definition) is 3. The highest BCUT2D eigenvalue weighted by Crippen LogP contribution is 2.29. The van der Waals surface area contributed by atoms with Crippen LogP contribution in [0, 0.1) is 0 Å². The monoisotopic (exact) mass is 377 g/mol. The topological polar surface area (TPSA) is 100 Å². The fourth-order valence-corrected chi connectivity index (χ4v) is 2.49. The largest absolute Gasteiger partial charge is 0.478 e. The van der Waals surface area contributed by atoms with Crippen LogP contribution < -0.4 is 20.9 Å². The highest BCUT2D eigenvalue weighted by Gasteiger charge is 2.29. The Morgan fingerprint density at radius 2 is 2.09 bits per heavy atom. The van der Waals surface area contributed by atoms with Crippen LogP contribution in [-0.4, -0.2) is 22.9 Å². The molecule has 0 saturated heterocycles. The summed E-state index contributed by atoms with van der Waals surface area (Å²) in [4.78, 5) is 38.1. The van der Waals surface area contributed by atoms with E-state index in [0.717, 1.165) is 0 Å². The first kappa shape index (κ1) is 15.3. The van der Waals surface area contributed by atoms with E-state index >= 15 is 0 Å². The summed E-state index contributed by atoms with van der Waals surface area (Å²) >= 11 is 3.20. The SMILES string of the molecule is O=C(CC1Oc2ccccc2NC1=O)Nc1cc(Br)c[nH]c1=O. The molecular formula is C15H12BrN3O4. The summed E-state index contributed by atoms with van der Waals surface area (Å²) in [6, 6.07) is 8.45. The highest BCUT2D eigenvalue weighted by molar-refractivity contribution is 9.10. The molecular weight excluding hydrogens is 366 g/mol. The Balaban J connectivity index is 1.70. The number of hydrogen-bond acceptors (Lipinski definition) is 4. The molecule has 1 aliphatic rings. The second-order valence-electron chi connectivity index (χ2n) is 4.90. The zero-order valence-corrected chi connectivity index (χ0v) is 13.3. The second kappa shape index (κ2) is 6.25.